The predicted molar refractivity (Wildman–Crippen MR) is 172 cm³/mol. The molecule has 1 heterocycles. The maximum atomic E-state index is 3.67. The van der Waals surface area contributed by atoms with E-state index in [2.05, 4.69) is 127 Å². The Morgan fingerprint density at radius 3 is 2.00 bits per heavy atom. The van der Waals surface area contributed by atoms with Crippen molar-refractivity contribution in [3.05, 3.63) is 147 Å². The van der Waals surface area contributed by atoms with Crippen molar-refractivity contribution in [3.63, 3.8) is 0 Å². The van der Waals surface area contributed by atoms with Crippen LogP contribution in [0.15, 0.2) is 103 Å². The summed E-state index contributed by atoms with van der Waals surface area (Å²) < 4.78 is 1.50. The molecule has 0 nitrogen and oxygen atoms in total. The van der Waals surface area contributed by atoms with Crippen LogP contribution in [0.2, 0.25) is 0 Å². The Balaban J connectivity index is 0.000000166. The Labute approximate surface area is 260 Å². The van der Waals surface area contributed by atoms with Crippen molar-refractivity contribution in [3.8, 4) is 11.1 Å². The van der Waals surface area contributed by atoms with Crippen molar-refractivity contribution in [2.24, 2.45) is 0 Å². The van der Waals surface area contributed by atoms with E-state index in [-0.39, 0.29) is 10.8 Å². The van der Waals surface area contributed by atoms with Crippen molar-refractivity contribution < 1.29 is 23.9 Å². The molecule has 0 amide bonds. The molecule has 0 saturated heterocycles. The van der Waals surface area contributed by atoms with Gasteiger partial charge in [-0.25, -0.2) is 12.1 Å². The molecule has 0 aliphatic heterocycles. The van der Waals surface area contributed by atoms with Crippen molar-refractivity contribution in [1.82, 2.24) is 0 Å². The fraction of sp³-hybridized carbons (Fsp3) is 0.263. The van der Waals surface area contributed by atoms with Crippen molar-refractivity contribution >= 4 is 14.6 Å². The van der Waals surface area contributed by atoms with Crippen LogP contribution in [0, 0.1) is 13.0 Å². The molecule has 0 atom stereocenters. The van der Waals surface area contributed by atoms with Gasteiger partial charge < -0.3 is 0 Å². The molecule has 40 heavy (non-hydrogen) atoms. The number of thiophene rings is 1. The molecule has 0 radical (unpaired) electrons. The van der Waals surface area contributed by atoms with Crippen LogP contribution in [0.1, 0.15) is 79.1 Å². The SMILES string of the molecule is CC(C)(C)c1[c-]c2c(cc1)-c1ccc(C(C)(C)C)cc1C2.Cc1ccc([C](=[Hf+2])c2ccccc2)s1.c1cc[cH-]c1. The third kappa shape index (κ3) is 7.80. The van der Waals surface area contributed by atoms with Crippen LogP contribution in [0.4, 0.5) is 0 Å². The van der Waals surface area contributed by atoms with Gasteiger partial charge in [0.15, 0.2) is 0 Å². The van der Waals surface area contributed by atoms with Crippen molar-refractivity contribution in [1.29, 1.82) is 0 Å². The van der Waals surface area contributed by atoms with E-state index in [1.807, 2.05) is 41.7 Å². The van der Waals surface area contributed by atoms with Crippen LogP contribution < -0.4 is 0 Å². The van der Waals surface area contributed by atoms with E-state index in [1.54, 1.807) is 0 Å². The molecule has 5 aromatic rings. The number of hydrogen-bond donors (Lipinski definition) is 0. The Kier molecular flexibility index (Phi) is 9.85. The summed E-state index contributed by atoms with van der Waals surface area (Å²) in [4.78, 5) is 2.82. The maximum absolute atomic E-state index is 3.67. The zero-order valence-electron chi connectivity index (χ0n) is 24.9. The third-order valence-corrected chi connectivity index (χ3v) is 10.7. The average molecular weight is 707 g/mol. The smallest absolute Gasteiger partial charge is 0.172 e. The minimum Gasteiger partial charge on any atom is -0.214 e. The first-order chi connectivity index (χ1) is 18.9. The van der Waals surface area contributed by atoms with Gasteiger partial charge in [-0.05, 0) is 28.4 Å². The molecular formula is C38H40HfS. The average Bonchev–Trinajstić information content (AvgIpc) is 3.69. The molecule has 1 aliphatic carbocycles. The summed E-state index contributed by atoms with van der Waals surface area (Å²) in [7, 11) is 0. The van der Waals surface area contributed by atoms with Crippen molar-refractivity contribution in [2.75, 3.05) is 0 Å². The zero-order valence-corrected chi connectivity index (χ0v) is 29.3. The third-order valence-electron chi connectivity index (χ3n) is 7.07. The van der Waals surface area contributed by atoms with E-state index in [4.69, 9.17) is 0 Å². The van der Waals surface area contributed by atoms with E-state index in [0.29, 0.717) is 0 Å². The first-order valence-corrected chi connectivity index (χ1v) is 16.6. The summed E-state index contributed by atoms with van der Waals surface area (Å²) in [6.45, 7) is 15.8. The fourth-order valence-corrected chi connectivity index (χ4v) is 6.95. The fourth-order valence-electron chi connectivity index (χ4n) is 4.66. The van der Waals surface area contributed by atoms with E-state index >= 15 is 0 Å². The minimum absolute atomic E-state index is 0.167. The van der Waals surface area contributed by atoms with Crippen LogP contribution in [-0.2, 0) is 41.1 Å². The molecule has 0 spiro atoms. The van der Waals surface area contributed by atoms with Gasteiger partial charge >= 0.3 is 103 Å². The van der Waals surface area contributed by atoms with Crippen LogP contribution in [0.3, 0.4) is 0 Å². The number of hydrogen-bond acceptors (Lipinski definition) is 1. The van der Waals surface area contributed by atoms with Crippen LogP contribution in [-0.4, -0.2) is 3.26 Å². The Morgan fingerprint density at radius 1 is 0.775 bits per heavy atom. The van der Waals surface area contributed by atoms with E-state index in [1.165, 1.54) is 52.0 Å². The second-order valence-corrected chi connectivity index (χ2v) is 15.5. The van der Waals surface area contributed by atoms with Gasteiger partial charge in [0.05, 0.1) is 0 Å². The first kappa shape index (κ1) is 30.4. The van der Waals surface area contributed by atoms with Crippen LogP contribution >= 0.6 is 11.3 Å². The number of aryl methyl sites for hydroxylation is 1. The first-order valence-electron chi connectivity index (χ1n) is 14.0. The molecule has 0 N–H and O–H groups in total. The molecule has 6 rings (SSSR count). The predicted octanol–water partition coefficient (Wildman–Crippen LogP) is 10.2. The second kappa shape index (κ2) is 13.0. The van der Waals surface area contributed by atoms with Gasteiger partial charge in [-0.3, -0.25) is 0 Å². The van der Waals surface area contributed by atoms with Gasteiger partial charge in [-0.15, -0.1) is 11.1 Å². The van der Waals surface area contributed by atoms with E-state index in [9.17, 15) is 0 Å². The van der Waals surface area contributed by atoms with E-state index < -0.39 is 0 Å². The molecule has 4 aromatic carbocycles. The summed E-state index contributed by atoms with van der Waals surface area (Å²) in [5.41, 5.74) is 10.1. The number of fused-ring (bicyclic) bond motifs is 3. The summed E-state index contributed by atoms with van der Waals surface area (Å²) >= 11 is 2.99. The molecule has 0 saturated carbocycles. The number of rotatable bonds is 2. The molecular weight excluding hydrogens is 667 g/mol. The Hall–Kier alpha value is -2.55. The normalized spacial score (nSPS) is 11.9. The Bertz CT molecular complexity index is 1460. The second-order valence-electron chi connectivity index (χ2n) is 12.4. The van der Waals surface area contributed by atoms with Gasteiger partial charge in [0, 0.05) is 0 Å². The van der Waals surface area contributed by atoms with Crippen LogP contribution in [0.25, 0.3) is 11.1 Å². The molecule has 0 fully saturated rings. The quantitative estimate of drug-likeness (QED) is 0.124. The molecule has 1 aromatic heterocycles. The summed E-state index contributed by atoms with van der Waals surface area (Å²) in [5, 5.41) is 0. The molecule has 0 bridgehead atoms. The van der Waals surface area contributed by atoms with Gasteiger partial charge in [-0.2, -0.15) is 42.0 Å². The standard InChI is InChI=1S/C21H25.C12H10S.C5H5.Hf/c1-20(2,3)16-7-9-18-14(12-16)11-15-13-17(21(4,5)6)8-10-19(15)18;1-10-7-8-12(13-10)9-11-5-3-2-4-6-11;1-2-4-5-3-1;/h7-10,12H,11H2,1-6H3;2-8H,1H3;1-5H;/q-1;;-1;+2. The maximum Gasteiger partial charge on any atom is -0.172 e. The molecule has 0 unspecified atom stereocenters. The summed E-state index contributed by atoms with van der Waals surface area (Å²) in [5.74, 6) is 0. The monoisotopic (exact) mass is 708 g/mol. The van der Waals surface area contributed by atoms with Gasteiger partial charge in [0.25, 0.3) is 0 Å². The Morgan fingerprint density at radius 2 is 1.45 bits per heavy atom. The zero-order chi connectivity index (χ0) is 28.9. The largest absolute Gasteiger partial charge is 0.214 e. The minimum atomic E-state index is 0.167. The van der Waals surface area contributed by atoms with Crippen molar-refractivity contribution in [2.45, 2.75) is 65.7 Å². The van der Waals surface area contributed by atoms with Gasteiger partial charge in [0.2, 0.25) is 0 Å². The molecule has 2 heteroatoms. The van der Waals surface area contributed by atoms with Gasteiger partial charge in [-0.1, -0.05) is 65.3 Å². The molecule has 1 aliphatic rings. The molecule has 202 valence electrons. The summed E-state index contributed by atoms with van der Waals surface area (Å²) in [6.07, 6.45) is 1.03. The topological polar surface area (TPSA) is 0 Å². The van der Waals surface area contributed by atoms with E-state index in [0.717, 1.165) is 30.3 Å². The summed E-state index contributed by atoms with van der Waals surface area (Å²) in [6, 6.07) is 40.3. The van der Waals surface area contributed by atoms with Crippen LogP contribution in [0.5, 0.6) is 0 Å². The van der Waals surface area contributed by atoms with Gasteiger partial charge in [0.1, 0.15) is 0 Å². The number of benzene rings is 3.